The van der Waals surface area contributed by atoms with E-state index >= 15 is 0 Å². The molecule has 6 heteroatoms. The van der Waals surface area contributed by atoms with Gasteiger partial charge in [0.2, 0.25) is 0 Å². The lowest BCUT2D eigenvalue weighted by Gasteiger charge is -2.18. The lowest BCUT2D eigenvalue weighted by Crippen LogP contribution is -2.30. The van der Waals surface area contributed by atoms with Crippen LogP contribution in [0.4, 0.5) is 0 Å². The van der Waals surface area contributed by atoms with Crippen molar-refractivity contribution in [2.45, 2.75) is 265 Å². The molecule has 0 rings (SSSR count). The largest absolute Gasteiger partial charge is 0.462 e. The van der Waals surface area contributed by atoms with Crippen LogP contribution in [-0.2, 0) is 28.6 Å². The Kier molecular flexibility index (Phi) is 40.3. The fraction of sp³-hybridized carbons (Fsp3) is 0.936. The summed E-state index contributed by atoms with van der Waals surface area (Å²) >= 11 is 0. The van der Waals surface area contributed by atoms with Crippen LogP contribution in [0.1, 0.15) is 259 Å². The minimum atomic E-state index is -0.758. The third-order valence-electron chi connectivity index (χ3n) is 10.5. The van der Waals surface area contributed by atoms with E-state index in [0.717, 1.165) is 63.7 Å². The molecule has 0 amide bonds. The molecule has 0 N–H and O–H groups in total. The Morgan fingerprint density at radius 3 is 0.925 bits per heavy atom. The predicted octanol–water partition coefficient (Wildman–Crippen LogP) is 14.7. The Labute approximate surface area is 329 Å². The van der Waals surface area contributed by atoms with Gasteiger partial charge in [-0.3, -0.25) is 14.4 Å². The maximum atomic E-state index is 12.7. The molecule has 0 unspecified atom stereocenters. The lowest BCUT2D eigenvalue weighted by molar-refractivity contribution is -0.167. The second kappa shape index (κ2) is 41.6. The summed E-state index contributed by atoms with van der Waals surface area (Å²) in [6.07, 6.45) is 40.9. The van der Waals surface area contributed by atoms with Crippen LogP contribution in [0.15, 0.2) is 0 Å². The molecule has 0 bridgehead atoms. The van der Waals surface area contributed by atoms with E-state index in [1.165, 1.54) is 154 Å². The Bertz CT molecular complexity index is 796. The zero-order chi connectivity index (χ0) is 38.9. The Morgan fingerprint density at radius 2 is 0.623 bits per heavy atom. The summed E-state index contributed by atoms with van der Waals surface area (Å²) in [7, 11) is 0. The topological polar surface area (TPSA) is 78.9 Å². The number of carbonyl (C=O) groups is 3. The first-order valence-electron chi connectivity index (χ1n) is 23.4. The SMILES string of the molecule is CCCCCCCCCCCCCCC(=O)OC[C@@H](COC(=O)CCCCCCCCC)OC(=O)CCCCCCCCCCCCCCCC(C)C. The van der Waals surface area contributed by atoms with Crippen LogP contribution in [0, 0.1) is 5.92 Å². The van der Waals surface area contributed by atoms with E-state index in [4.69, 9.17) is 14.2 Å². The molecule has 314 valence electrons. The third kappa shape index (κ3) is 41.4. The maximum Gasteiger partial charge on any atom is 0.306 e. The molecule has 0 aromatic carbocycles. The fourth-order valence-corrected chi connectivity index (χ4v) is 6.98. The van der Waals surface area contributed by atoms with Gasteiger partial charge in [-0.15, -0.1) is 0 Å². The molecule has 0 heterocycles. The van der Waals surface area contributed by atoms with Crippen molar-refractivity contribution >= 4 is 17.9 Å². The van der Waals surface area contributed by atoms with Gasteiger partial charge in [0, 0.05) is 19.3 Å². The lowest BCUT2D eigenvalue weighted by atomic mass is 10.0. The van der Waals surface area contributed by atoms with Gasteiger partial charge in [-0.05, 0) is 25.2 Å². The van der Waals surface area contributed by atoms with Gasteiger partial charge < -0.3 is 14.2 Å². The van der Waals surface area contributed by atoms with Crippen molar-refractivity contribution in [1.29, 1.82) is 0 Å². The number of carbonyl (C=O) groups excluding carboxylic acids is 3. The summed E-state index contributed by atoms with van der Waals surface area (Å²) in [6, 6.07) is 0. The first-order chi connectivity index (χ1) is 25.9. The molecule has 6 nitrogen and oxygen atoms in total. The Balaban J connectivity index is 4.24. The van der Waals surface area contributed by atoms with Crippen LogP contribution in [0.3, 0.4) is 0 Å². The van der Waals surface area contributed by atoms with Crippen molar-refractivity contribution in [1.82, 2.24) is 0 Å². The summed E-state index contributed by atoms with van der Waals surface area (Å²) in [5, 5.41) is 0. The minimum Gasteiger partial charge on any atom is -0.462 e. The molecule has 0 aromatic rings. The average Bonchev–Trinajstić information content (AvgIpc) is 3.14. The maximum absolute atomic E-state index is 12.7. The van der Waals surface area contributed by atoms with Crippen LogP contribution in [0.25, 0.3) is 0 Å². The van der Waals surface area contributed by atoms with Gasteiger partial charge in [0.1, 0.15) is 13.2 Å². The van der Waals surface area contributed by atoms with Crippen molar-refractivity contribution in [2.24, 2.45) is 5.92 Å². The molecule has 0 fully saturated rings. The second-order valence-corrected chi connectivity index (χ2v) is 16.5. The molecule has 0 saturated carbocycles. The van der Waals surface area contributed by atoms with E-state index in [9.17, 15) is 14.4 Å². The second-order valence-electron chi connectivity index (χ2n) is 16.5. The first-order valence-corrected chi connectivity index (χ1v) is 23.4. The highest BCUT2D eigenvalue weighted by atomic mass is 16.6. The van der Waals surface area contributed by atoms with Gasteiger partial charge >= 0.3 is 17.9 Å². The molecule has 0 radical (unpaired) electrons. The zero-order valence-electron chi connectivity index (χ0n) is 36.0. The monoisotopic (exact) mass is 751 g/mol. The van der Waals surface area contributed by atoms with E-state index < -0.39 is 6.10 Å². The van der Waals surface area contributed by atoms with Crippen molar-refractivity contribution in [3.05, 3.63) is 0 Å². The quantitative estimate of drug-likeness (QED) is 0.0351. The number of hydrogen-bond acceptors (Lipinski definition) is 6. The average molecular weight is 751 g/mol. The van der Waals surface area contributed by atoms with Crippen molar-refractivity contribution in [3.8, 4) is 0 Å². The highest BCUT2D eigenvalue weighted by Gasteiger charge is 2.19. The van der Waals surface area contributed by atoms with E-state index in [1.807, 2.05) is 0 Å². The summed E-state index contributed by atoms with van der Waals surface area (Å²) < 4.78 is 16.7. The molecular weight excluding hydrogens is 661 g/mol. The summed E-state index contributed by atoms with van der Waals surface area (Å²) in [5.41, 5.74) is 0. The molecule has 0 aliphatic heterocycles. The minimum absolute atomic E-state index is 0.0638. The van der Waals surface area contributed by atoms with Crippen LogP contribution in [0.2, 0.25) is 0 Å². The first kappa shape index (κ1) is 51.4. The zero-order valence-corrected chi connectivity index (χ0v) is 36.0. The van der Waals surface area contributed by atoms with E-state index in [0.29, 0.717) is 19.3 Å². The van der Waals surface area contributed by atoms with Gasteiger partial charge in [-0.25, -0.2) is 0 Å². The number of esters is 3. The molecule has 0 aliphatic rings. The van der Waals surface area contributed by atoms with Crippen molar-refractivity contribution in [3.63, 3.8) is 0 Å². The van der Waals surface area contributed by atoms with Crippen LogP contribution in [0.5, 0.6) is 0 Å². The van der Waals surface area contributed by atoms with E-state index in [1.54, 1.807) is 0 Å². The van der Waals surface area contributed by atoms with Crippen LogP contribution in [-0.4, -0.2) is 37.2 Å². The van der Waals surface area contributed by atoms with Crippen molar-refractivity contribution < 1.29 is 28.6 Å². The van der Waals surface area contributed by atoms with Crippen molar-refractivity contribution in [2.75, 3.05) is 13.2 Å². The number of rotatable bonds is 42. The van der Waals surface area contributed by atoms with E-state index in [-0.39, 0.29) is 31.1 Å². The number of hydrogen-bond donors (Lipinski definition) is 0. The third-order valence-corrected chi connectivity index (χ3v) is 10.5. The normalized spacial score (nSPS) is 11.9. The molecule has 0 aliphatic carbocycles. The van der Waals surface area contributed by atoms with Gasteiger partial charge in [-0.2, -0.15) is 0 Å². The summed E-state index contributed by atoms with van der Waals surface area (Å²) in [6.45, 7) is 8.97. The molecule has 1 atom stereocenters. The smallest absolute Gasteiger partial charge is 0.306 e. The summed E-state index contributed by atoms with van der Waals surface area (Å²) in [4.78, 5) is 37.6. The van der Waals surface area contributed by atoms with Crippen LogP contribution >= 0.6 is 0 Å². The number of ether oxygens (including phenoxy) is 3. The molecule has 0 aromatic heterocycles. The number of unbranched alkanes of at least 4 members (excludes halogenated alkanes) is 29. The summed E-state index contributed by atoms with van der Waals surface area (Å²) in [5.74, 6) is -0.0199. The molecule has 53 heavy (non-hydrogen) atoms. The highest BCUT2D eigenvalue weighted by Crippen LogP contribution is 2.16. The van der Waals surface area contributed by atoms with Gasteiger partial charge in [-0.1, -0.05) is 220 Å². The van der Waals surface area contributed by atoms with E-state index in [2.05, 4.69) is 27.7 Å². The van der Waals surface area contributed by atoms with Crippen LogP contribution < -0.4 is 0 Å². The standard InChI is InChI=1S/C47H90O6/c1-5-7-9-11-13-14-15-20-23-27-31-35-39-46(49)52-42-44(41-51-45(48)38-34-30-25-12-10-8-6-2)53-47(50)40-36-32-28-24-21-18-16-17-19-22-26-29-33-37-43(3)4/h43-44H,5-42H2,1-4H3/t44-/m1/s1. The van der Waals surface area contributed by atoms with Gasteiger partial charge in [0.05, 0.1) is 0 Å². The Morgan fingerprint density at radius 1 is 0.358 bits per heavy atom. The molecule has 0 saturated heterocycles. The Hall–Kier alpha value is -1.59. The predicted molar refractivity (Wildman–Crippen MR) is 224 cm³/mol. The highest BCUT2D eigenvalue weighted by molar-refractivity contribution is 5.71. The molecular formula is C47H90O6. The molecule has 0 spiro atoms. The van der Waals surface area contributed by atoms with Gasteiger partial charge in [0.15, 0.2) is 6.10 Å². The fourth-order valence-electron chi connectivity index (χ4n) is 6.98. The van der Waals surface area contributed by atoms with Gasteiger partial charge in [0.25, 0.3) is 0 Å².